The highest BCUT2D eigenvalue weighted by Gasteiger charge is 2.17. The second-order valence-electron chi connectivity index (χ2n) is 5.34. The molecule has 0 aromatic carbocycles. The van der Waals surface area contributed by atoms with Gasteiger partial charge >= 0.3 is 0 Å². The average Bonchev–Trinajstić information content (AvgIpc) is 2.25. The van der Waals surface area contributed by atoms with E-state index >= 15 is 0 Å². The summed E-state index contributed by atoms with van der Waals surface area (Å²) in [4.78, 5) is 12.9. The fourth-order valence-electron chi connectivity index (χ4n) is 1.79. The molecule has 0 saturated carbocycles. The Hall–Kier alpha value is -0.920. The largest absolute Gasteiger partial charge is 0.342 e. The normalized spacial score (nSPS) is 12.2. The number of hydrogen-bond acceptors (Lipinski definition) is 3. The van der Waals surface area contributed by atoms with Crippen LogP contribution in [0.3, 0.4) is 0 Å². The van der Waals surface area contributed by atoms with Gasteiger partial charge < -0.3 is 9.38 Å². The van der Waals surface area contributed by atoms with Gasteiger partial charge in [0.05, 0.1) is 32.9 Å². The summed E-state index contributed by atoms with van der Waals surface area (Å²) in [6.07, 6.45) is 2.54. The minimum atomic E-state index is -3.87. The van der Waals surface area contributed by atoms with Crippen LogP contribution in [0.1, 0.15) is 12.8 Å². The number of carbonyl (C=O) groups excluding carboxylic acids is 1. The molecule has 0 unspecified atom stereocenters. The summed E-state index contributed by atoms with van der Waals surface area (Å²) in [5.74, 6) is -0.305. The maximum atomic E-state index is 11.3. The van der Waals surface area contributed by atoms with E-state index in [2.05, 4.69) is 6.58 Å². The monoisotopic (exact) mass is 293 g/mol. The summed E-state index contributed by atoms with van der Waals surface area (Å²) in [5, 5.41) is 0. The van der Waals surface area contributed by atoms with Gasteiger partial charge in [-0.3, -0.25) is 9.35 Å². The van der Waals surface area contributed by atoms with Crippen molar-refractivity contribution in [3.05, 3.63) is 12.7 Å². The van der Waals surface area contributed by atoms with E-state index in [0.717, 1.165) is 13.0 Å². The molecule has 1 N–H and O–H groups in total. The molecule has 0 fully saturated rings. The first-order valence-corrected chi connectivity index (χ1v) is 7.83. The second kappa shape index (κ2) is 7.62. The van der Waals surface area contributed by atoms with Crippen LogP contribution in [0.4, 0.5) is 0 Å². The van der Waals surface area contributed by atoms with Crippen molar-refractivity contribution in [3.63, 3.8) is 0 Å². The highest BCUT2D eigenvalue weighted by atomic mass is 32.2. The molecule has 0 saturated heterocycles. The highest BCUT2D eigenvalue weighted by Crippen LogP contribution is 2.03. The molecule has 0 aromatic rings. The van der Waals surface area contributed by atoms with Crippen LogP contribution in [0, 0.1) is 0 Å². The Morgan fingerprint density at radius 3 is 2.32 bits per heavy atom. The quantitative estimate of drug-likeness (QED) is 0.379. The Kier molecular flexibility index (Phi) is 7.25. The molecule has 0 aliphatic carbocycles. The fourth-order valence-corrected chi connectivity index (χ4v) is 2.28. The zero-order valence-corrected chi connectivity index (χ0v) is 12.8. The third-order valence-corrected chi connectivity index (χ3v) is 3.78. The fraction of sp³-hybridized carbons (Fsp3) is 0.750. The topological polar surface area (TPSA) is 74.7 Å². The van der Waals surface area contributed by atoms with E-state index in [0.29, 0.717) is 24.0 Å². The Balaban J connectivity index is 3.97. The van der Waals surface area contributed by atoms with E-state index in [1.807, 2.05) is 14.1 Å². The van der Waals surface area contributed by atoms with E-state index < -0.39 is 10.1 Å². The summed E-state index contributed by atoms with van der Waals surface area (Å²) < 4.78 is 30.6. The summed E-state index contributed by atoms with van der Waals surface area (Å²) in [6.45, 7) is 5.57. The molecular formula is C12H25N2O4S+. The minimum Gasteiger partial charge on any atom is -0.342 e. The van der Waals surface area contributed by atoms with Crippen LogP contribution < -0.4 is 0 Å². The summed E-state index contributed by atoms with van der Waals surface area (Å²) in [5.41, 5.74) is 0. The van der Waals surface area contributed by atoms with E-state index in [4.69, 9.17) is 4.55 Å². The van der Waals surface area contributed by atoms with Crippen molar-refractivity contribution in [1.29, 1.82) is 0 Å². The number of quaternary nitrogens is 1. The van der Waals surface area contributed by atoms with Crippen molar-refractivity contribution in [2.75, 3.05) is 46.5 Å². The highest BCUT2D eigenvalue weighted by molar-refractivity contribution is 7.85. The standard InChI is InChI=1S/C12H24N2O4S/c1-5-12(15)13(2)8-6-9-14(3,4)10-7-11-19(16,17)18/h5H,1,6-11H2,2-4H3/p+1. The van der Waals surface area contributed by atoms with Crippen molar-refractivity contribution in [2.45, 2.75) is 12.8 Å². The molecule has 0 aliphatic heterocycles. The molecule has 0 rings (SSSR count). The average molecular weight is 293 g/mol. The lowest BCUT2D eigenvalue weighted by Crippen LogP contribution is -2.43. The van der Waals surface area contributed by atoms with Crippen LogP contribution in [0.2, 0.25) is 0 Å². The van der Waals surface area contributed by atoms with Gasteiger partial charge in [0.25, 0.3) is 10.1 Å². The van der Waals surface area contributed by atoms with Gasteiger partial charge in [0.2, 0.25) is 5.91 Å². The number of carbonyl (C=O) groups is 1. The smallest absolute Gasteiger partial charge is 0.265 e. The number of likely N-dealkylation sites (N-methyl/N-ethyl adjacent to an activating group) is 1. The van der Waals surface area contributed by atoms with Crippen molar-refractivity contribution in [1.82, 2.24) is 4.90 Å². The Morgan fingerprint density at radius 1 is 1.32 bits per heavy atom. The van der Waals surface area contributed by atoms with Gasteiger partial charge in [-0.2, -0.15) is 8.42 Å². The molecular weight excluding hydrogens is 268 g/mol. The first kappa shape index (κ1) is 18.1. The molecule has 0 aliphatic rings. The maximum Gasteiger partial charge on any atom is 0.265 e. The van der Waals surface area contributed by atoms with Gasteiger partial charge in [0.15, 0.2) is 0 Å². The number of amides is 1. The summed E-state index contributed by atoms with van der Waals surface area (Å²) in [6, 6.07) is 0. The molecule has 0 radical (unpaired) electrons. The molecule has 0 aromatic heterocycles. The van der Waals surface area contributed by atoms with Crippen molar-refractivity contribution in [2.24, 2.45) is 0 Å². The van der Waals surface area contributed by atoms with Crippen LogP contribution in [0.5, 0.6) is 0 Å². The molecule has 0 bridgehead atoms. The van der Waals surface area contributed by atoms with Gasteiger partial charge in [0.1, 0.15) is 0 Å². The third-order valence-electron chi connectivity index (χ3n) is 2.97. The van der Waals surface area contributed by atoms with Crippen molar-refractivity contribution >= 4 is 16.0 Å². The van der Waals surface area contributed by atoms with E-state index in [1.54, 1.807) is 11.9 Å². The maximum absolute atomic E-state index is 11.3. The molecule has 0 heterocycles. The van der Waals surface area contributed by atoms with Crippen LogP contribution in [0.25, 0.3) is 0 Å². The van der Waals surface area contributed by atoms with Gasteiger partial charge in [-0.1, -0.05) is 6.58 Å². The first-order chi connectivity index (χ1) is 8.57. The molecule has 112 valence electrons. The Bertz CT molecular complexity index is 404. The third kappa shape index (κ3) is 9.63. The number of hydrogen-bond donors (Lipinski definition) is 1. The SMILES string of the molecule is C=CC(=O)N(C)CCC[N+](C)(C)CCCS(=O)(=O)O. The molecule has 0 spiro atoms. The van der Waals surface area contributed by atoms with Crippen LogP contribution in [-0.4, -0.2) is 74.8 Å². The Morgan fingerprint density at radius 2 is 1.84 bits per heavy atom. The lowest BCUT2D eigenvalue weighted by molar-refractivity contribution is -0.890. The van der Waals surface area contributed by atoms with Crippen molar-refractivity contribution < 1.29 is 22.2 Å². The van der Waals surface area contributed by atoms with Gasteiger partial charge in [-0.15, -0.1) is 0 Å². The van der Waals surface area contributed by atoms with Gasteiger partial charge in [-0.05, 0) is 6.08 Å². The number of rotatable bonds is 9. The van der Waals surface area contributed by atoms with E-state index in [-0.39, 0.29) is 11.7 Å². The molecule has 1 amide bonds. The second-order valence-corrected chi connectivity index (χ2v) is 6.91. The van der Waals surface area contributed by atoms with Gasteiger partial charge in [0, 0.05) is 26.4 Å². The Labute approximate surface area is 116 Å². The predicted molar refractivity (Wildman–Crippen MR) is 75.3 cm³/mol. The van der Waals surface area contributed by atoms with Crippen LogP contribution in [-0.2, 0) is 14.9 Å². The number of nitrogens with zero attached hydrogens (tertiary/aromatic N) is 2. The zero-order valence-electron chi connectivity index (χ0n) is 12.0. The van der Waals surface area contributed by atoms with Crippen LogP contribution >= 0.6 is 0 Å². The summed E-state index contributed by atoms with van der Waals surface area (Å²) >= 11 is 0. The minimum absolute atomic E-state index is 0.100. The predicted octanol–water partition coefficient (Wildman–Crippen LogP) is 0.375. The van der Waals surface area contributed by atoms with Crippen molar-refractivity contribution in [3.8, 4) is 0 Å². The molecule has 7 heteroatoms. The lowest BCUT2D eigenvalue weighted by atomic mass is 10.3. The van der Waals surface area contributed by atoms with E-state index in [1.165, 1.54) is 6.08 Å². The molecule has 0 atom stereocenters. The lowest BCUT2D eigenvalue weighted by Gasteiger charge is -2.30. The molecule has 19 heavy (non-hydrogen) atoms. The zero-order chi connectivity index (χ0) is 15.1. The summed E-state index contributed by atoms with van der Waals surface area (Å²) in [7, 11) is 1.85. The van der Waals surface area contributed by atoms with Crippen LogP contribution in [0.15, 0.2) is 12.7 Å². The molecule has 6 nitrogen and oxygen atoms in total. The first-order valence-electron chi connectivity index (χ1n) is 6.22. The van der Waals surface area contributed by atoms with E-state index in [9.17, 15) is 13.2 Å². The van der Waals surface area contributed by atoms with Gasteiger partial charge in [-0.25, -0.2) is 0 Å².